The third-order valence-corrected chi connectivity index (χ3v) is 3.82. The van der Waals surface area contributed by atoms with Crippen LogP contribution in [0.15, 0.2) is 33.2 Å². The number of hydrogen-bond acceptors (Lipinski definition) is 5. The van der Waals surface area contributed by atoms with Crippen molar-refractivity contribution in [1.82, 2.24) is 20.0 Å². The van der Waals surface area contributed by atoms with Crippen LogP contribution in [0.1, 0.15) is 20.8 Å². The first-order chi connectivity index (χ1) is 11.1. The minimum Gasteiger partial charge on any atom is -0.409 e. The molecule has 0 saturated heterocycles. The van der Waals surface area contributed by atoms with E-state index in [1.807, 2.05) is 57.0 Å². The number of hydrogen-bond donors (Lipinski definition) is 1. The molecule has 0 aliphatic rings. The highest BCUT2D eigenvalue weighted by Gasteiger charge is 2.16. The fourth-order valence-electron chi connectivity index (χ4n) is 2.09. The first kappa shape index (κ1) is 18.8. The fraction of sp³-hybridized carbons (Fsp3) is 0.438. The first-order valence-corrected chi connectivity index (χ1v) is 8.67. The SMILES string of the molecule is CN(CC(=O)NC(C)(C)C)Cn1nc(-c2ccc(Br)cc2)oc1=S. The number of benzene rings is 1. The summed E-state index contributed by atoms with van der Waals surface area (Å²) in [5.41, 5.74) is 0.591. The number of nitrogens with one attached hydrogen (secondary N) is 1. The molecule has 24 heavy (non-hydrogen) atoms. The second-order valence-electron chi connectivity index (χ2n) is 6.63. The summed E-state index contributed by atoms with van der Waals surface area (Å²) in [4.78, 5) is 14.1. The molecule has 130 valence electrons. The maximum Gasteiger partial charge on any atom is 0.288 e. The minimum absolute atomic E-state index is 0.0480. The van der Waals surface area contributed by atoms with E-state index < -0.39 is 0 Å². The molecule has 2 rings (SSSR count). The van der Waals surface area contributed by atoms with Crippen LogP contribution < -0.4 is 5.32 Å². The number of carbonyl (C=O) groups excluding carboxylic acids is 1. The molecule has 1 aromatic heterocycles. The fourth-order valence-corrected chi connectivity index (χ4v) is 2.53. The Morgan fingerprint density at radius 2 is 2.00 bits per heavy atom. The Labute approximate surface area is 155 Å². The summed E-state index contributed by atoms with van der Waals surface area (Å²) in [6.07, 6.45) is 0. The lowest BCUT2D eigenvalue weighted by Crippen LogP contribution is -2.45. The van der Waals surface area contributed by atoms with Crippen LogP contribution in [0, 0.1) is 4.84 Å². The number of halogens is 1. The van der Waals surface area contributed by atoms with E-state index in [4.69, 9.17) is 16.6 Å². The number of carbonyl (C=O) groups is 1. The predicted molar refractivity (Wildman–Crippen MR) is 99.0 cm³/mol. The summed E-state index contributed by atoms with van der Waals surface area (Å²) >= 11 is 8.61. The predicted octanol–water partition coefficient (Wildman–Crippen LogP) is 3.44. The van der Waals surface area contributed by atoms with E-state index in [-0.39, 0.29) is 22.8 Å². The summed E-state index contributed by atoms with van der Waals surface area (Å²) < 4.78 is 8.10. The summed E-state index contributed by atoms with van der Waals surface area (Å²) in [5.74, 6) is 0.410. The van der Waals surface area contributed by atoms with Gasteiger partial charge in [0.1, 0.15) is 0 Å². The Morgan fingerprint density at radius 3 is 2.58 bits per heavy atom. The van der Waals surface area contributed by atoms with Gasteiger partial charge in [0.2, 0.25) is 11.8 Å². The van der Waals surface area contributed by atoms with E-state index in [2.05, 4.69) is 26.3 Å². The zero-order valence-electron chi connectivity index (χ0n) is 14.2. The van der Waals surface area contributed by atoms with Gasteiger partial charge in [-0.2, -0.15) is 0 Å². The maximum absolute atomic E-state index is 12.0. The van der Waals surface area contributed by atoms with Gasteiger partial charge in [-0.25, -0.2) is 4.68 Å². The van der Waals surface area contributed by atoms with Gasteiger partial charge in [-0.05, 0) is 64.3 Å². The van der Waals surface area contributed by atoms with Gasteiger partial charge >= 0.3 is 0 Å². The van der Waals surface area contributed by atoms with Crippen LogP contribution in [0.2, 0.25) is 0 Å². The monoisotopic (exact) mass is 412 g/mol. The standard InChI is InChI=1S/C16H21BrN4O2S/c1-16(2,3)18-13(22)9-20(4)10-21-15(24)23-14(19-21)11-5-7-12(17)8-6-11/h5-8H,9-10H2,1-4H3,(H,18,22). The normalized spacial score (nSPS) is 11.8. The molecular weight excluding hydrogens is 392 g/mol. The van der Waals surface area contributed by atoms with Crippen molar-refractivity contribution in [2.75, 3.05) is 13.6 Å². The topological polar surface area (TPSA) is 63.3 Å². The lowest BCUT2D eigenvalue weighted by atomic mass is 10.1. The molecule has 1 amide bonds. The second kappa shape index (κ2) is 7.58. The van der Waals surface area contributed by atoms with Gasteiger partial charge in [0.05, 0.1) is 13.2 Å². The molecule has 1 aromatic carbocycles. The molecule has 1 N–H and O–H groups in total. The third-order valence-electron chi connectivity index (χ3n) is 3.00. The van der Waals surface area contributed by atoms with Gasteiger partial charge in [-0.3, -0.25) is 9.69 Å². The highest BCUT2D eigenvalue weighted by molar-refractivity contribution is 9.10. The molecule has 1 heterocycles. The van der Waals surface area contributed by atoms with Crippen molar-refractivity contribution < 1.29 is 9.21 Å². The zero-order valence-corrected chi connectivity index (χ0v) is 16.6. The molecule has 6 nitrogen and oxygen atoms in total. The highest BCUT2D eigenvalue weighted by atomic mass is 79.9. The quantitative estimate of drug-likeness (QED) is 0.761. The van der Waals surface area contributed by atoms with E-state index in [9.17, 15) is 4.79 Å². The van der Waals surface area contributed by atoms with Crippen molar-refractivity contribution in [1.29, 1.82) is 0 Å². The number of rotatable bonds is 5. The smallest absolute Gasteiger partial charge is 0.288 e. The van der Waals surface area contributed by atoms with Crippen molar-refractivity contribution in [3.05, 3.63) is 33.6 Å². The molecule has 0 saturated carbocycles. The van der Waals surface area contributed by atoms with Crippen LogP contribution in [0.3, 0.4) is 0 Å². The number of likely N-dealkylation sites (N-methyl/N-ethyl adjacent to an activating group) is 1. The molecule has 8 heteroatoms. The molecule has 0 unspecified atom stereocenters. The Kier molecular flexibility index (Phi) is 5.95. The Bertz CT molecular complexity index is 762. The molecule has 0 radical (unpaired) electrons. The van der Waals surface area contributed by atoms with Crippen molar-refractivity contribution >= 4 is 34.1 Å². The average Bonchev–Trinajstić information content (AvgIpc) is 2.78. The molecule has 0 spiro atoms. The van der Waals surface area contributed by atoms with Crippen molar-refractivity contribution in [2.45, 2.75) is 33.0 Å². The Morgan fingerprint density at radius 1 is 1.38 bits per heavy atom. The largest absolute Gasteiger partial charge is 0.409 e. The van der Waals surface area contributed by atoms with Crippen molar-refractivity contribution in [2.24, 2.45) is 0 Å². The van der Waals surface area contributed by atoms with E-state index in [0.717, 1.165) is 10.0 Å². The van der Waals surface area contributed by atoms with Gasteiger partial charge in [0.25, 0.3) is 4.84 Å². The van der Waals surface area contributed by atoms with Gasteiger partial charge in [0, 0.05) is 15.6 Å². The molecule has 2 aromatic rings. The number of nitrogens with zero attached hydrogens (tertiary/aromatic N) is 3. The van der Waals surface area contributed by atoms with Gasteiger partial charge in [-0.1, -0.05) is 15.9 Å². The van der Waals surface area contributed by atoms with Gasteiger partial charge in [-0.15, -0.1) is 5.10 Å². The van der Waals surface area contributed by atoms with Gasteiger partial charge < -0.3 is 9.73 Å². The van der Waals surface area contributed by atoms with E-state index in [1.165, 1.54) is 0 Å². The Hall–Kier alpha value is -1.51. The van der Waals surface area contributed by atoms with Crippen LogP contribution in [0.4, 0.5) is 0 Å². The van der Waals surface area contributed by atoms with E-state index in [1.54, 1.807) is 4.68 Å². The van der Waals surface area contributed by atoms with Gasteiger partial charge in [0.15, 0.2) is 0 Å². The molecule has 0 aliphatic carbocycles. The van der Waals surface area contributed by atoms with Crippen LogP contribution in [0.25, 0.3) is 11.5 Å². The van der Waals surface area contributed by atoms with Crippen LogP contribution >= 0.6 is 28.1 Å². The zero-order chi connectivity index (χ0) is 17.9. The molecule has 0 bridgehead atoms. The molecule has 0 atom stereocenters. The number of amides is 1. The maximum atomic E-state index is 12.0. The van der Waals surface area contributed by atoms with Crippen LogP contribution in [-0.2, 0) is 11.5 Å². The van der Waals surface area contributed by atoms with Crippen molar-refractivity contribution in [3.63, 3.8) is 0 Å². The average molecular weight is 413 g/mol. The lowest BCUT2D eigenvalue weighted by molar-refractivity contribution is -0.123. The van der Waals surface area contributed by atoms with Crippen molar-refractivity contribution in [3.8, 4) is 11.5 Å². The molecule has 0 fully saturated rings. The summed E-state index contributed by atoms with van der Waals surface area (Å²) in [5, 5.41) is 7.31. The van der Waals surface area contributed by atoms with Crippen LogP contribution in [0.5, 0.6) is 0 Å². The minimum atomic E-state index is -0.253. The third kappa shape index (κ3) is 5.54. The first-order valence-electron chi connectivity index (χ1n) is 7.47. The lowest BCUT2D eigenvalue weighted by Gasteiger charge is -2.23. The van der Waals surface area contributed by atoms with E-state index >= 15 is 0 Å². The highest BCUT2D eigenvalue weighted by Crippen LogP contribution is 2.20. The molecule has 0 aliphatic heterocycles. The number of aromatic nitrogens is 2. The molecular formula is C16H21BrN4O2S. The summed E-state index contributed by atoms with van der Waals surface area (Å²) in [6.45, 7) is 6.46. The second-order valence-corrected chi connectivity index (χ2v) is 7.90. The van der Waals surface area contributed by atoms with Crippen LogP contribution in [-0.4, -0.2) is 39.7 Å². The van der Waals surface area contributed by atoms with E-state index in [0.29, 0.717) is 12.6 Å². The summed E-state index contributed by atoms with van der Waals surface area (Å²) in [6, 6.07) is 7.62. The summed E-state index contributed by atoms with van der Waals surface area (Å²) in [7, 11) is 1.83. The Balaban J connectivity index is 2.04.